The lowest BCUT2D eigenvalue weighted by atomic mass is 9.99. The number of carboxylic acids is 1. The third-order valence-corrected chi connectivity index (χ3v) is 1.96. The lowest BCUT2D eigenvalue weighted by Crippen LogP contribution is -2.21. The van der Waals surface area contributed by atoms with Gasteiger partial charge in [-0.25, -0.2) is 8.78 Å². The summed E-state index contributed by atoms with van der Waals surface area (Å²) in [6.45, 7) is 1.12. The number of carbonyl (C=O) groups is 2. The Morgan fingerprint density at radius 1 is 1.33 bits per heavy atom. The van der Waals surface area contributed by atoms with Crippen LogP contribution < -0.4 is 0 Å². The summed E-state index contributed by atoms with van der Waals surface area (Å²) in [4.78, 5) is 21.8. The smallest absolute Gasteiger partial charge is 0.314 e. The molecule has 15 heavy (non-hydrogen) atoms. The summed E-state index contributed by atoms with van der Waals surface area (Å²) in [5.41, 5.74) is -0.537. The van der Waals surface area contributed by atoms with Gasteiger partial charge in [0.2, 0.25) is 0 Å². The average Bonchev–Trinajstić information content (AvgIpc) is 2.19. The van der Waals surface area contributed by atoms with Gasteiger partial charge in [-0.2, -0.15) is 0 Å². The molecule has 3 nitrogen and oxygen atoms in total. The van der Waals surface area contributed by atoms with Crippen LogP contribution in [0.1, 0.15) is 17.3 Å². The first-order valence-electron chi connectivity index (χ1n) is 4.15. The largest absolute Gasteiger partial charge is 0.481 e. The van der Waals surface area contributed by atoms with Gasteiger partial charge in [-0.3, -0.25) is 9.59 Å². The van der Waals surface area contributed by atoms with Crippen LogP contribution in [0.15, 0.2) is 18.2 Å². The van der Waals surface area contributed by atoms with Crippen LogP contribution in [0.2, 0.25) is 0 Å². The maximum absolute atomic E-state index is 13.1. The number of carbonyl (C=O) groups excluding carboxylic acids is 1. The molecule has 0 aromatic heterocycles. The van der Waals surface area contributed by atoms with Crippen molar-refractivity contribution in [3.8, 4) is 0 Å². The Morgan fingerprint density at radius 2 is 1.93 bits per heavy atom. The molecule has 0 radical (unpaired) electrons. The quantitative estimate of drug-likeness (QED) is 0.617. The molecule has 1 rings (SSSR count). The summed E-state index contributed by atoms with van der Waals surface area (Å²) in [6, 6.07) is 2.34. The van der Waals surface area contributed by atoms with Crippen LogP contribution in [0.5, 0.6) is 0 Å². The lowest BCUT2D eigenvalue weighted by molar-refractivity contribution is -0.139. The minimum absolute atomic E-state index is 0.537. The maximum Gasteiger partial charge on any atom is 0.314 e. The Bertz CT molecular complexity index is 415. The molecule has 1 aromatic rings. The molecule has 0 aliphatic carbocycles. The minimum Gasteiger partial charge on any atom is -0.481 e. The number of rotatable bonds is 3. The van der Waals surface area contributed by atoms with Crippen molar-refractivity contribution in [3.05, 3.63) is 35.4 Å². The molecule has 1 N–H and O–H groups in total. The van der Waals surface area contributed by atoms with Gasteiger partial charge in [0.05, 0.1) is 5.56 Å². The van der Waals surface area contributed by atoms with E-state index in [0.717, 1.165) is 19.1 Å². The third-order valence-electron chi connectivity index (χ3n) is 1.96. The van der Waals surface area contributed by atoms with Crippen LogP contribution in [0.3, 0.4) is 0 Å². The van der Waals surface area contributed by atoms with E-state index in [-0.39, 0.29) is 0 Å². The Labute approximate surface area is 84.3 Å². The average molecular weight is 214 g/mol. The van der Waals surface area contributed by atoms with Crippen molar-refractivity contribution in [1.82, 2.24) is 0 Å². The van der Waals surface area contributed by atoms with Crippen molar-refractivity contribution >= 4 is 11.8 Å². The van der Waals surface area contributed by atoms with Crippen LogP contribution >= 0.6 is 0 Å². The molecule has 0 aliphatic rings. The standard InChI is InChI=1S/C10H8F2O3/c1-5(10(14)15)9(13)7-4-6(11)2-3-8(7)12/h2-5H,1H3,(H,14,15). The highest BCUT2D eigenvalue weighted by atomic mass is 19.1. The molecule has 0 amide bonds. The summed E-state index contributed by atoms with van der Waals surface area (Å²) in [6.07, 6.45) is 0. The normalized spacial score (nSPS) is 12.2. The molecule has 1 unspecified atom stereocenters. The van der Waals surface area contributed by atoms with E-state index in [1.807, 2.05) is 0 Å². The van der Waals surface area contributed by atoms with Gasteiger partial charge < -0.3 is 5.11 Å². The van der Waals surface area contributed by atoms with Crippen LogP contribution in [-0.2, 0) is 4.79 Å². The second-order valence-corrected chi connectivity index (χ2v) is 3.05. The van der Waals surface area contributed by atoms with Crippen molar-refractivity contribution in [2.75, 3.05) is 0 Å². The van der Waals surface area contributed by atoms with Gasteiger partial charge >= 0.3 is 5.97 Å². The molecule has 5 heteroatoms. The topological polar surface area (TPSA) is 54.4 Å². The van der Waals surface area contributed by atoms with Crippen molar-refractivity contribution in [2.24, 2.45) is 5.92 Å². The van der Waals surface area contributed by atoms with Crippen LogP contribution in [0.4, 0.5) is 8.78 Å². The lowest BCUT2D eigenvalue weighted by Gasteiger charge is -2.06. The zero-order valence-corrected chi connectivity index (χ0v) is 7.83. The number of ketones is 1. The van der Waals surface area contributed by atoms with Crippen molar-refractivity contribution < 1.29 is 23.5 Å². The van der Waals surface area contributed by atoms with Gasteiger partial charge in [0.1, 0.15) is 17.6 Å². The zero-order valence-electron chi connectivity index (χ0n) is 7.83. The molecule has 0 aliphatic heterocycles. The summed E-state index contributed by atoms with van der Waals surface area (Å²) in [5.74, 6) is -5.41. The fourth-order valence-corrected chi connectivity index (χ4v) is 1.03. The van der Waals surface area contributed by atoms with Gasteiger partial charge in [-0.1, -0.05) is 0 Å². The number of hydrogen-bond acceptors (Lipinski definition) is 2. The second kappa shape index (κ2) is 4.16. The van der Waals surface area contributed by atoms with Crippen LogP contribution in [-0.4, -0.2) is 16.9 Å². The molecular weight excluding hydrogens is 206 g/mol. The summed E-state index contributed by atoms with van der Waals surface area (Å²) in [7, 11) is 0. The number of aliphatic carboxylic acids is 1. The molecule has 0 bridgehead atoms. The van der Waals surface area contributed by atoms with E-state index in [9.17, 15) is 18.4 Å². The highest BCUT2D eigenvalue weighted by molar-refractivity contribution is 6.07. The van der Waals surface area contributed by atoms with Gasteiger partial charge in [0.15, 0.2) is 5.78 Å². The minimum atomic E-state index is -1.39. The molecule has 0 saturated carbocycles. The van der Waals surface area contributed by atoms with Crippen molar-refractivity contribution in [3.63, 3.8) is 0 Å². The first kappa shape index (κ1) is 11.3. The van der Waals surface area contributed by atoms with Gasteiger partial charge in [-0.05, 0) is 25.1 Å². The summed E-state index contributed by atoms with van der Waals surface area (Å²) < 4.78 is 25.8. The van der Waals surface area contributed by atoms with Gasteiger partial charge in [0, 0.05) is 0 Å². The van der Waals surface area contributed by atoms with Crippen molar-refractivity contribution in [1.29, 1.82) is 0 Å². The van der Waals surface area contributed by atoms with E-state index < -0.39 is 34.9 Å². The van der Waals surface area contributed by atoms with E-state index in [4.69, 9.17) is 5.11 Å². The Morgan fingerprint density at radius 3 is 2.47 bits per heavy atom. The van der Waals surface area contributed by atoms with E-state index in [0.29, 0.717) is 6.07 Å². The molecule has 0 heterocycles. The Balaban J connectivity index is 3.11. The third kappa shape index (κ3) is 2.37. The van der Waals surface area contributed by atoms with Gasteiger partial charge in [-0.15, -0.1) is 0 Å². The fourth-order valence-electron chi connectivity index (χ4n) is 1.03. The maximum atomic E-state index is 13.1. The summed E-state index contributed by atoms with van der Waals surface area (Å²) in [5, 5.41) is 8.54. The summed E-state index contributed by atoms with van der Waals surface area (Å²) >= 11 is 0. The molecule has 0 fully saturated rings. The molecule has 0 saturated heterocycles. The fraction of sp³-hybridized carbons (Fsp3) is 0.200. The predicted molar refractivity (Wildman–Crippen MR) is 47.5 cm³/mol. The first-order chi connectivity index (χ1) is 6.93. The van der Waals surface area contributed by atoms with E-state index in [1.165, 1.54) is 0 Å². The van der Waals surface area contributed by atoms with Crippen LogP contribution in [0.25, 0.3) is 0 Å². The first-order valence-corrected chi connectivity index (χ1v) is 4.15. The number of halogens is 2. The predicted octanol–water partition coefficient (Wildman–Crippen LogP) is 1.87. The molecule has 80 valence electrons. The van der Waals surface area contributed by atoms with Crippen LogP contribution in [0, 0.1) is 17.6 Å². The number of benzene rings is 1. The highest BCUT2D eigenvalue weighted by Crippen LogP contribution is 2.14. The molecule has 0 spiro atoms. The number of Topliss-reactive ketones (excluding diaryl/α,β-unsaturated/α-hetero) is 1. The number of carboxylic acid groups (broad SMARTS) is 1. The van der Waals surface area contributed by atoms with E-state index in [1.54, 1.807) is 0 Å². The zero-order chi connectivity index (χ0) is 11.6. The number of hydrogen-bond donors (Lipinski definition) is 1. The van der Waals surface area contributed by atoms with Crippen molar-refractivity contribution in [2.45, 2.75) is 6.92 Å². The Kier molecular flexibility index (Phi) is 3.14. The highest BCUT2D eigenvalue weighted by Gasteiger charge is 2.24. The van der Waals surface area contributed by atoms with Gasteiger partial charge in [0.25, 0.3) is 0 Å². The molecule has 1 aromatic carbocycles. The molecular formula is C10H8F2O3. The Hall–Kier alpha value is -1.78. The second-order valence-electron chi connectivity index (χ2n) is 3.05. The SMILES string of the molecule is CC(C(=O)O)C(=O)c1cc(F)ccc1F. The van der Waals surface area contributed by atoms with E-state index >= 15 is 0 Å². The molecule has 1 atom stereocenters. The van der Waals surface area contributed by atoms with E-state index in [2.05, 4.69) is 0 Å². The monoisotopic (exact) mass is 214 g/mol.